The van der Waals surface area contributed by atoms with Gasteiger partial charge in [-0.1, -0.05) is 42.5 Å². The first kappa shape index (κ1) is 16.6. The summed E-state index contributed by atoms with van der Waals surface area (Å²) in [5.74, 6) is 1.47. The molecule has 0 N–H and O–H groups in total. The van der Waals surface area contributed by atoms with Gasteiger partial charge in [0.15, 0.2) is 0 Å². The molecular formula is C22H28N2O. The molecule has 1 aliphatic carbocycles. The maximum atomic E-state index is 12.9. The fourth-order valence-electron chi connectivity index (χ4n) is 4.10. The van der Waals surface area contributed by atoms with Gasteiger partial charge in [0.2, 0.25) is 5.91 Å². The Bertz CT molecular complexity index is 739. The summed E-state index contributed by atoms with van der Waals surface area (Å²) in [4.78, 5) is 17.4. The molecule has 0 aromatic heterocycles. The number of benzene rings is 2. The third-order valence-corrected chi connectivity index (χ3v) is 5.81. The molecule has 132 valence electrons. The number of amides is 1. The van der Waals surface area contributed by atoms with E-state index >= 15 is 0 Å². The second-order valence-electron chi connectivity index (χ2n) is 7.85. The van der Waals surface area contributed by atoms with Gasteiger partial charge in [-0.3, -0.25) is 4.79 Å². The second-order valence-corrected chi connectivity index (χ2v) is 7.85. The van der Waals surface area contributed by atoms with E-state index in [0.717, 1.165) is 31.8 Å². The van der Waals surface area contributed by atoms with Crippen LogP contribution in [-0.2, 0) is 11.3 Å². The van der Waals surface area contributed by atoms with E-state index in [1.165, 1.54) is 35.7 Å². The molecule has 2 aliphatic rings. The molecule has 1 saturated carbocycles. The fourth-order valence-corrected chi connectivity index (χ4v) is 4.10. The van der Waals surface area contributed by atoms with Crippen LogP contribution in [0.15, 0.2) is 42.5 Å². The number of hydrogen-bond donors (Lipinski definition) is 0. The van der Waals surface area contributed by atoms with Crippen LogP contribution in [0, 0.1) is 11.8 Å². The molecule has 3 nitrogen and oxygen atoms in total. The third kappa shape index (κ3) is 3.87. The van der Waals surface area contributed by atoms with Gasteiger partial charge in [0.25, 0.3) is 0 Å². The van der Waals surface area contributed by atoms with Crippen molar-refractivity contribution in [3.8, 4) is 0 Å². The van der Waals surface area contributed by atoms with Crippen LogP contribution in [0.1, 0.15) is 31.2 Å². The third-order valence-electron chi connectivity index (χ3n) is 5.81. The quantitative estimate of drug-likeness (QED) is 0.826. The Hall–Kier alpha value is -1.87. The minimum absolute atomic E-state index is 0.204. The number of carbonyl (C=O) groups excluding carboxylic acids is 1. The summed E-state index contributed by atoms with van der Waals surface area (Å²) in [6.45, 7) is 4.14. The molecule has 4 rings (SSSR count). The van der Waals surface area contributed by atoms with Crippen LogP contribution < -0.4 is 0 Å². The Balaban J connectivity index is 1.37. The van der Waals surface area contributed by atoms with Gasteiger partial charge in [-0.2, -0.15) is 0 Å². The molecular weight excluding hydrogens is 308 g/mol. The molecule has 1 heterocycles. The highest BCUT2D eigenvalue weighted by Crippen LogP contribution is 2.31. The summed E-state index contributed by atoms with van der Waals surface area (Å²) < 4.78 is 0. The highest BCUT2D eigenvalue weighted by atomic mass is 16.2. The van der Waals surface area contributed by atoms with Crippen LogP contribution >= 0.6 is 0 Å². The summed E-state index contributed by atoms with van der Waals surface area (Å²) in [5, 5.41) is 2.50. The normalized spacial score (nSPS) is 19.2. The predicted molar refractivity (Wildman–Crippen MR) is 102 cm³/mol. The Labute approximate surface area is 150 Å². The van der Waals surface area contributed by atoms with Crippen molar-refractivity contribution in [2.24, 2.45) is 11.8 Å². The molecule has 0 spiro atoms. The van der Waals surface area contributed by atoms with Crippen molar-refractivity contribution in [3.63, 3.8) is 0 Å². The Morgan fingerprint density at radius 2 is 1.76 bits per heavy atom. The van der Waals surface area contributed by atoms with Gasteiger partial charge in [0.05, 0.1) is 0 Å². The molecule has 0 unspecified atom stereocenters. The standard InChI is InChI=1S/C22H28N2O/c1-23(16-20-7-4-6-18-5-2-3-8-21(18)20)22(25)19-11-13-24(14-12-19)15-17-9-10-17/h2-8,17,19H,9-16H2,1H3. The Kier molecular flexibility index (Phi) is 4.76. The first-order chi connectivity index (χ1) is 12.2. The number of carbonyl (C=O) groups is 1. The van der Waals surface area contributed by atoms with Gasteiger partial charge < -0.3 is 9.80 Å². The van der Waals surface area contributed by atoms with E-state index in [0.29, 0.717) is 12.5 Å². The molecule has 25 heavy (non-hydrogen) atoms. The van der Waals surface area contributed by atoms with Crippen molar-refractivity contribution >= 4 is 16.7 Å². The van der Waals surface area contributed by atoms with Gasteiger partial charge in [-0.25, -0.2) is 0 Å². The van der Waals surface area contributed by atoms with Crippen molar-refractivity contribution in [1.82, 2.24) is 9.80 Å². The van der Waals surface area contributed by atoms with Crippen molar-refractivity contribution in [2.75, 3.05) is 26.7 Å². The van der Waals surface area contributed by atoms with Gasteiger partial charge >= 0.3 is 0 Å². The van der Waals surface area contributed by atoms with Crippen LogP contribution in [0.5, 0.6) is 0 Å². The van der Waals surface area contributed by atoms with Crippen LogP contribution in [0.4, 0.5) is 0 Å². The average Bonchev–Trinajstić information content (AvgIpc) is 3.46. The predicted octanol–water partition coefficient (Wildman–Crippen LogP) is 3.92. The van der Waals surface area contributed by atoms with Gasteiger partial charge in [0, 0.05) is 26.1 Å². The van der Waals surface area contributed by atoms with E-state index in [9.17, 15) is 4.79 Å². The monoisotopic (exact) mass is 336 g/mol. The summed E-state index contributed by atoms with van der Waals surface area (Å²) >= 11 is 0. The molecule has 0 atom stereocenters. The average molecular weight is 336 g/mol. The van der Waals surface area contributed by atoms with Crippen LogP contribution in [0.3, 0.4) is 0 Å². The van der Waals surface area contributed by atoms with E-state index in [-0.39, 0.29) is 5.92 Å². The summed E-state index contributed by atoms with van der Waals surface area (Å²) in [6.07, 6.45) is 4.86. The molecule has 3 heteroatoms. The second kappa shape index (κ2) is 7.17. The first-order valence-corrected chi connectivity index (χ1v) is 9.64. The lowest BCUT2D eigenvalue weighted by Gasteiger charge is -2.33. The summed E-state index contributed by atoms with van der Waals surface area (Å²) in [5.41, 5.74) is 1.24. The number of likely N-dealkylation sites (tertiary alicyclic amines) is 1. The van der Waals surface area contributed by atoms with Crippen LogP contribution in [0.25, 0.3) is 10.8 Å². The molecule has 0 radical (unpaired) electrons. The first-order valence-electron chi connectivity index (χ1n) is 9.64. The fraction of sp³-hybridized carbons (Fsp3) is 0.500. The summed E-state index contributed by atoms with van der Waals surface area (Å²) in [7, 11) is 1.96. The van der Waals surface area contributed by atoms with Gasteiger partial charge in [-0.05, 0) is 61.0 Å². The molecule has 1 saturated heterocycles. The Morgan fingerprint density at radius 1 is 1.04 bits per heavy atom. The SMILES string of the molecule is CN(Cc1cccc2ccccc12)C(=O)C1CCN(CC2CC2)CC1. The van der Waals surface area contributed by atoms with Crippen LogP contribution in [0.2, 0.25) is 0 Å². The van der Waals surface area contributed by atoms with Crippen LogP contribution in [-0.4, -0.2) is 42.4 Å². The summed E-state index contributed by atoms with van der Waals surface area (Å²) in [6, 6.07) is 14.8. The number of nitrogens with zero attached hydrogens (tertiary/aromatic N) is 2. The number of hydrogen-bond acceptors (Lipinski definition) is 2. The smallest absolute Gasteiger partial charge is 0.225 e. The highest BCUT2D eigenvalue weighted by Gasteiger charge is 2.30. The van der Waals surface area contributed by atoms with Gasteiger partial charge in [-0.15, -0.1) is 0 Å². The highest BCUT2D eigenvalue weighted by molar-refractivity contribution is 5.86. The molecule has 2 fully saturated rings. The van der Waals surface area contributed by atoms with E-state index in [1.54, 1.807) is 0 Å². The minimum atomic E-state index is 0.204. The van der Waals surface area contributed by atoms with Crippen molar-refractivity contribution in [1.29, 1.82) is 0 Å². The van der Waals surface area contributed by atoms with Crippen molar-refractivity contribution in [3.05, 3.63) is 48.0 Å². The van der Waals surface area contributed by atoms with E-state index < -0.39 is 0 Å². The van der Waals surface area contributed by atoms with Crippen molar-refractivity contribution in [2.45, 2.75) is 32.2 Å². The molecule has 2 aromatic carbocycles. The lowest BCUT2D eigenvalue weighted by molar-refractivity contribution is -0.136. The maximum Gasteiger partial charge on any atom is 0.225 e. The topological polar surface area (TPSA) is 23.6 Å². The van der Waals surface area contributed by atoms with E-state index in [4.69, 9.17) is 0 Å². The zero-order valence-corrected chi connectivity index (χ0v) is 15.2. The minimum Gasteiger partial charge on any atom is -0.341 e. The molecule has 1 amide bonds. The lowest BCUT2D eigenvalue weighted by atomic mass is 9.94. The zero-order chi connectivity index (χ0) is 17.2. The number of piperidine rings is 1. The number of fused-ring (bicyclic) bond motifs is 1. The largest absolute Gasteiger partial charge is 0.341 e. The molecule has 1 aliphatic heterocycles. The molecule has 0 bridgehead atoms. The van der Waals surface area contributed by atoms with Gasteiger partial charge in [0.1, 0.15) is 0 Å². The molecule has 2 aromatic rings. The maximum absolute atomic E-state index is 12.9. The Morgan fingerprint density at radius 3 is 2.52 bits per heavy atom. The lowest BCUT2D eigenvalue weighted by Crippen LogP contribution is -2.41. The van der Waals surface area contributed by atoms with Crippen molar-refractivity contribution < 1.29 is 4.79 Å². The zero-order valence-electron chi connectivity index (χ0n) is 15.2. The number of rotatable bonds is 5. The van der Waals surface area contributed by atoms with E-state index in [2.05, 4.69) is 47.4 Å². The van der Waals surface area contributed by atoms with E-state index in [1.807, 2.05) is 11.9 Å².